The summed E-state index contributed by atoms with van der Waals surface area (Å²) in [5.41, 5.74) is 6.32. The van der Waals surface area contributed by atoms with E-state index in [1.807, 2.05) is 112 Å². The fraction of sp³-hybridized carbons (Fsp3) is 0.143. The minimum Gasteiger partial charge on any atom is -0.822 e. The molecule has 12 aromatic rings. The molecule has 16 nitrogen and oxygen atoms in total. The molecule has 17 heteroatoms. The summed E-state index contributed by atoms with van der Waals surface area (Å²) in [4.78, 5) is 60.4. The molecule has 0 aliphatic rings. The lowest BCUT2D eigenvalue weighted by Crippen LogP contribution is -2.26. The van der Waals surface area contributed by atoms with Gasteiger partial charge in [-0.25, -0.2) is 0 Å². The third-order valence-corrected chi connectivity index (χ3v) is 13.6. The number of benzene rings is 6. The van der Waals surface area contributed by atoms with E-state index in [1.54, 1.807) is 21.3 Å². The van der Waals surface area contributed by atoms with Crippen molar-refractivity contribution < 1.29 is 75.3 Å². The van der Waals surface area contributed by atoms with Crippen molar-refractivity contribution in [1.82, 2.24) is 0 Å². The summed E-state index contributed by atoms with van der Waals surface area (Å²) >= 11 is 0. The van der Waals surface area contributed by atoms with Crippen molar-refractivity contribution in [3.05, 3.63) is 181 Å². The van der Waals surface area contributed by atoms with E-state index in [0.717, 1.165) is 65.9 Å². The molecule has 0 bridgehead atoms. The zero-order valence-electron chi connectivity index (χ0n) is 45.2. The molecule has 6 aromatic heterocycles. The van der Waals surface area contributed by atoms with Crippen LogP contribution in [0.3, 0.4) is 0 Å². The molecule has 0 radical (unpaired) electrons. The van der Waals surface area contributed by atoms with Gasteiger partial charge >= 0.3 is 17.9 Å². The molecule has 0 amide bonds. The van der Waals surface area contributed by atoms with E-state index in [9.17, 15) is 14.4 Å². The van der Waals surface area contributed by atoms with Crippen molar-refractivity contribution in [3.8, 4) is 34.5 Å². The van der Waals surface area contributed by atoms with Gasteiger partial charge in [-0.3, -0.25) is 14.4 Å². The highest BCUT2D eigenvalue weighted by Crippen LogP contribution is 2.41. The number of pyridine rings is 6. The Morgan fingerprint density at radius 1 is 0.388 bits per heavy atom. The minimum absolute atomic E-state index is 0.367. The summed E-state index contributed by atoms with van der Waals surface area (Å²) in [6.45, 7) is 10.3. The van der Waals surface area contributed by atoms with Crippen LogP contribution >= 0.6 is 7.82 Å². The van der Waals surface area contributed by atoms with Gasteiger partial charge in [-0.1, -0.05) is 54.6 Å². The van der Waals surface area contributed by atoms with Gasteiger partial charge in [0.25, 0.3) is 0 Å². The molecular formula is C63H54N3O13P. The molecule has 0 aliphatic carbocycles. The molecule has 0 N–H and O–H groups in total. The quantitative estimate of drug-likeness (QED) is 0.0381. The Morgan fingerprint density at radius 3 is 0.875 bits per heavy atom. The number of rotatable bonds is 6. The number of methoxy groups -OCH3 is 3. The van der Waals surface area contributed by atoms with Crippen LogP contribution in [0.1, 0.15) is 37.9 Å². The van der Waals surface area contributed by atoms with Crippen LogP contribution < -0.4 is 56.3 Å². The summed E-state index contributed by atoms with van der Waals surface area (Å²) in [5, 5.41) is 12.8. The van der Waals surface area contributed by atoms with Crippen molar-refractivity contribution in [2.24, 2.45) is 0 Å². The molecular weight excluding hydrogens is 1040 g/mol. The lowest BCUT2D eigenvalue weighted by atomic mass is 10.0. The highest BCUT2D eigenvalue weighted by atomic mass is 31.2. The largest absolute Gasteiger partial charge is 0.822 e. The van der Waals surface area contributed by atoms with Crippen molar-refractivity contribution in [3.63, 3.8) is 0 Å². The number of hydrogen-bond acceptors (Lipinski definition) is 13. The van der Waals surface area contributed by atoms with Crippen LogP contribution in [0.4, 0.5) is 0 Å². The third kappa shape index (κ3) is 11.2. The lowest BCUT2D eigenvalue weighted by Gasteiger charge is -2.36. The third-order valence-electron chi connectivity index (χ3n) is 13.6. The maximum absolute atomic E-state index is 11.6. The van der Waals surface area contributed by atoms with Gasteiger partial charge in [0.1, 0.15) is 0 Å². The summed E-state index contributed by atoms with van der Waals surface area (Å²) in [5.74, 6) is 1.94. The van der Waals surface area contributed by atoms with E-state index in [-0.39, 0.29) is 17.9 Å². The van der Waals surface area contributed by atoms with Gasteiger partial charge in [0.05, 0.1) is 53.6 Å². The molecule has 0 atom stereocenters. The number of aryl methyl sites for hydroxylation is 3. The van der Waals surface area contributed by atoms with Gasteiger partial charge in [0.2, 0.25) is 16.6 Å². The smallest absolute Gasteiger partial charge is 0.308 e. The van der Waals surface area contributed by atoms with Crippen molar-refractivity contribution in [1.29, 1.82) is 0 Å². The van der Waals surface area contributed by atoms with Crippen molar-refractivity contribution >= 4 is 107 Å². The molecule has 0 aliphatic heterocycles. The maximum atomic E-state index is 11.6. The molecule has 0 unspecified atom stereocenters. The SMILES string of the molecule is COc1ccc2cc3c4ccccc4cc[n+]3c(C)c2c1OC(C)=O.COc1ccc2cc3c4ccccc4cc[n+]3c(C)c2c1OC(C)=O.COc1ccc2cc3c4ccccc4cc[n+]3c(C)c2c1OC(C)=O.O=P([O-])([O-])[O-]. The summed E-state index contributed by atoms with van der Waals surface area (Å²) < 4.78 is 47.6. The average molecular weight is 1090 g/mol. The van der Waals surface area contributed by atoms with Crippen LogP contribution in [0, 0.1) is 20.8 Å². The highest BCUT2D eigenvalue weighted by molar-refractivity contribution is 7.40. The summed E-state index contributed by atoms with van der Waals surface area (Å²) in [6, 6.07) is 49.0. The molecule has 0 saturated carbocycles. The van der Waals surface area contributed by atoms with Gasteiger partial charge in [0, 0.05) is 77.9 Å². The summed E-state index contributed by atoms with van der Waals surface area (Å²) in [6.07, 6.45) is 6.14. The molecule has 0 fully saturated rings. The predicted molar refractivity (Wildman–Crippen MR) is 299 cm³/mol. The number of hydrogen-bond donors (Lipinski definition) is 0. The monoisotopic (exact) mass is 1090 g/mol. The van der Waals surface area contributed by atoms with Crippen molar-refractivity contribution in [2.75, 3.05) is 21.3 Å². The molecule has 0 spiro atoms. The Hall–Kier alpha value is -9.31. The fourth-order valence-electron chi connectivity index (χ4n) is 10.3. The van der Waals surface area contributed by atoms with E-state index < -0.39 is 7.82 Å². The normalized spacial score (nSPS) is 11.2. The lowest BCUT2D eigenvalue weighted by molar-refractivity contribution is -0.517. The first-order valence-electron chi connectivity index (χ1n) is 25.1. The molecule has 404 valence electrons. The number of carbonyl (C=O) groups is 3. The zero-order chi connectivity index (χ0) is 57.2. The highest BCUT2D eigenvalue weighted by Gasteiger charge is 2.25. The summed E-state index contributed by atoms with van der Waals surface area (Å²) in [7, 11) is -0.665. The predicted octanol–water partition coefficient (Wildman–Crippen LogP) is 9.10. The van der Waals surface area contributed by atoms with Crippen LogP contribution in [0.25, 0.3) is 81.2 Å². The molecule has 80 heavy (non-hydrogen) atoms. The Kier molecular flexibility index (Phi) is 15.9. The van der Waals surface area contributed by atoms with Gasteiger partial charge in [-0.05, 0) is 86.9 Å². The van der Waals surface area contributed by atoms with Crippen LogP contribution in [0.2, 0.25) is 0 Å². The molecule has 0 saturated heterocycles. The van der Waals surface area contributed by atoms with Crippen molar-refractivity contribution in [2.45, 2.75) is 41.5 Å². The van der Waals surface area contributed by atoms with E-state index in [4.69, 9.17) is 47.7 Å². The molecule has 12 rings (SSSR count). The number of ether oxygens (including phenoxy) is 6. The Morgan fingerprint density at radius 2 is 0.637 bits per heavy atom. The zero-order valence-corrected chi connectivity index (χ0v) is 46.1. The van der Waals surface area contributed by atoms with Gasteiger partial charge in [-0.15, -0.1) is 0 Å². The standard InChI is InChI=1S/3C21H18NO3.H3O4P/c3*1-13-20-16(8-9-19(24-3)21(20)25-14(2)23)12-18-17-7-5-4-6-15(17)10-11-22(13)18;1-5(2,3)4/h3*4-12H,1-3H3;(H3,1,2,3,4)/q3*+1;/p-3. The molecule has 6 aromatic carbocycles. The second-order valence-corrected chi connectivity index (χ2v) is 19.5. The number of phosphoric acid groups is 1. The first kappa shape index (κ1) is 55.4. The first-order valence-corrected chi connectivity index (χ1v) is 26.5. The van der Waals surface area contributed by atoms with E-state index in [0.29, 0.717) is 34.5 Å². The Bertz CT molecular complexity index is 4070. The Balaban J connectivity index is 0.000000139. The Labute approximate surface area is 459 Å². The number of aromatic nitrogens is 3. The second kappa shape index (κ2) is 23.0. The second-order valence-electron chi connectivity index (χ2n) is 18.6. The van der Waals surface area contributed by atoms with Crippen LogP contribution in [0.5, 0.6) is 34.5 Å². The maximum Gasteiger partial charge on any atom is 0.308 e. The first-order chi connectivity index (χ1) is 38.3. The van der Waals surface area contributed by atoms with Crippen LogP contribution in [-0.4, -0.2) is 39.2 Å². The molecule has 6 heterocycles. The van der Waals surface area contributed by atoms with E-state index >= 15 is 0 Å². The number of esters is 3. The number of nitrogens with zero attached hydrogens (tertiary/aromatic N) is 3. The minimum atomic E-state index is -5.39. The van der Waals surface area contributed by atoms with Gasteiger partial charge in [0.15, 0.2) is 70.2 Å². The average Bonchev–Trinajstić information content (AvgIpc) is 3.43. The van der Waals surface area contributed by atoms with E-state index in [1.165, 1.54) is 53.1 Å². The van der Waals surface area contributed by atoms with Gasteiger partial charge < -0.3 is 47.7 Å². The van der Waals surface area contributed by atoms with E-state index in [2.05, 4.69) is 86.0 Å². The number of fused-ring (bicyclic) bond motifs is 12. The fourth-order valence-corrected chi connectivity index (χ4v) is 10.3. The topological polar surface area (TPSA) is 205 Å². The number of carbonyl (C=O) groups excluding carboxylic acids is 3. The van der Waals surface area contributed by atoms with Crippen LogP contribution in [-0.2, 0) is 18.9 Å². The van der Waals surface area contributed by atoms with Gasteiger partial charge in [-0.2, -0.15) is 21.0 Å². The van der Waals surface area contributed by atoms with Crippen LogP contribution in [0.15, 0.2) is 164 Å².